The minimum absolute atomic E-state index is 0.0447. The van der Waals surface area contributed by atoms with Crippen molar-refractivity contribution in [3.63, 3.8) is 0 Å². The first kappa shape index (κ1) is 34.8. The minimum atomic E-state index is -5.16. The van der Waals surface area contributed by atoms with E-state index >= 15 is 0 Å². The molecule has 1 amide bonds. The molecule has 8 nitrogen and oxygen atoms in total. The summed E-state index contributed by atoms with van der Waals surface area (Å²) in [5.74, 6) is -0.392. The van der Waals surface area contributed by atoms with Gasteiger partial charge in [0.2, 0.25) is 0 Å². The van der Waals surface area contributed by atoms with Crippen LogP contribution in [0, 0.1) is 28.6 Å². The zero-order chi connectivity index (χ0) is 31.9. The van der Waals surface area contributed by atoms with Gasteiger partial charge in [-0.2, -0.15) is 26.9 Å². The molecule has 2 aromatic rings. The van der Waals surface area contributed by atoms with Crippen molar-refractivity contribution in [2.24, 2.45) is 17.3 Å². The molecule has 1 N–H and O–H groups in total. The van der Waals surface area contributed by atoms with E-state index in [4.69, 9.17) is 8.42 Å². The molecule has 3 rings (SSSR count). The highest BCUT2D eigenvalue weighted by atomic mass is 32.1. The van der Waals surface area contributed by atoms with Crippen molar-refractivity contribution in [3.8, 4) is 17.5 Å². The number of benzene rings is 1. The molecule has 0 aliphatic heterocycles. The molecule has 0 bridgehead atoms. The Morgan fingerprint density at radius 3 is 2.24 bits per heavy atom. The molecule has 232 valence electrons. The van der Waals surface area contributed by atoms with E-state index in [1.54, 1.807) is 6.92 Å². The molecular weight excluding hydrogens is 590 g/mol. The van der Waals surface area contributed by atoms with Gasteiger partial charge >= 0.3 is 24.1 Å². The molecule has 0 radical (unpaired) electrons. The first-order chi connectivity index (χ1) is 19.5. The topological polar surface area (TPSA) is 114 Å². The third-order valence-electron chi connectivity index (χ3n) is 7.18. The lowest BCUT2D eigenvalue weighted by molar-refractivity contribution is -0.274. The Bertz CT molecular complexity index is 1320. The summed E-state index contributed by atoms with van der Waals surface area (Å²) in [7, 11) is 0. The number of aryl methyl sites for hydroxylation is 1. The van der Waals surface area contributed by atoms with Gasteiger partial charge in [-0.25, -0.2) is 4.98 Å². The number of amides is 1. The highest BCUT2D eigenvalue weighted by Gasteiger charge is 2.47. The van der Waals surface area contributed by atoms with Crippen LogP contribution in [0.2, 0.25) is 0 Å². The number of nitrogens with zero attached hydrogens (tertiary/aromatic N) is 3. The van der Waals surface area contributed by atoms with Crippen LogP contribution in [0.4, 0.5) is 26.3 Å². The summed E-state index contributed by atoms with van der Waals surface area (Å²) in [6.07, 6.45) is -6.20. The fraction of sp³-hybridized carbons (Fsp3) is 0.593. The first-order valence-electron chi connectivity index (χ1n) is 13.1. The molecule has 1 aromatic carbocycles. The summed E-state index contributed by atoms with van der Waals surface area (Å²) in [6.45, 7) is 6.10. The number of carbonyl (C=O) groups is 1. The van der Waals surface area contributed by atoms with Gasteiger partial charge in [0.05, 0.1) is 11.1 Å². The van der Waals surface area contributed by atoms with Gasteiger partial charge in [0.1, 0.15) is 11.9 Å². The van der Waals surface area contributed by atoms with Crippen molar-refractivity contribution in [1.82, 2.24) is 14.9 Å². The van der Waals surface area contributed by atoms with Gasteiger partial charge in [-0.05, 0) is 48.8 Å². The fourth-order valence-corrected chi connectivity index (χ4v) is 4.75. The number of imidazole rings is 1. The van der Waals surface area contributed by atoms with Crippen LogP contribution in [-0.2, 0) is 24.4 Å². The van der Waals surface area contributed by atoms with Crippen LogP contribution in [0.5, 0.6) is 5.75 Å². The van der Waals surface area contributed by atoms with Crippen LogP contribution in [0.25, 0.3) is 5.69 Å². The summed E-state index contributed by atoms with van der Waals surface area (Å²) < 4.78 is 102. The molecule has 1 heterocycles. The molecule has 0 atom stereocenters. The second-order valence-corrected chi connectivity index (χ2v) is 11.0. The van der Waals surface area contributed by atoms with Crippen molar-refractivity contribution in [1.29, 1.82) is 5.26 Å². The van der Waals surface area contributed by atoms with Crippen molar-refractivity contribution < 1.29 is 44.3 Å². The van der Waals surface area contributed by atoms with E-state index in [2.05, 4.69) is 22.0 Å². The lowest BCUT2D eigenvalue weighted by Gasteiger charge is -2.28. The van der Waals surface area contributed by atoms with E-state index < -0.39 is 47.6 Å². The summed E-state index contributed by atoms with van der Waals surface area (Å²) in [5, 5.41) is 12.7. The number of nitriles is 1. The molecule has 1 saturated carbocycles. The van der Waals surface area contributed by atoms with Crippen molar-refractivity contribution in [2.75, 3.05) is 6.54 Å². The van der Waals surface area contributed by atoms with Crippen LogP contribution >= 0.6 is 0 Å². The maximum atomic E-state index is 13.4. The van der Waals surface area contributed by atoms with E-state index in [-0.39, 0.29) is 40.8 Å². The van der Waals surface area contributed by atoms with Crippen LogP contribution in [0.3, 0.4) is 0 Å². The predicted octanol–water partition coefficient (Wildman–Crippen LogP) is 6.22. The average molecular weight is 623 g/mol. The zero-order valence-corrected chi connectivity index (χ0v) is 24.3. The van der Waals surface area contributed by atoms with Gasteiger partial charge in [0.25, 0.3) is 5.91 Å². The maximum absolute atomic E-state index is 13.4. The van der Waals surface area contributed by atoms with E-state index in [1.807, 2.05) is 6.07 Å². The smallest absolute Gasteiger partial charge is 0.404 e. The molecule has 0 saturated heterocycles. The highest BCUT2D eigenvalue weighted by Crippen LogP contribution is 2.41. The number of carbonyl (C=O) groups excluding carboxylic acids is 1. The van der Waals surface area contributed by atoms with Crippen LogP contribution in [-0.4, -0.2) is 43.0 Å². The number of halogens is 6. The second kappa shape index (κ2) is 14.2. The largest absolute Gasteiger partial charge is 0.573 e. The van der Waals surface area contributed by atoms with Gasteiger partial charge in [0, 0.05) is 13.0 Å². The molecule has 42 heavy (non-hydrogen) atoms. The van der Waals surface area contributed by atoms with E-state index in [9.17, 15) is 36.4 Å². The third-order valence-corrected chi connectivity index (χ3v) is 7.18. The maximum Gasteiger partial charge on any atom is 0.573 e. The molecule has 0 spiro atoms. The lowest BCUT2D eigenvalue weighted by Crippen LogP contribution is -2.34. The Kier molecular flexibility index (Phi) is 11.7. The van der Waals surface area contributed by atoms with Crippen LogP contribution in [0.15, 0.2) is 18.2 Å². The van der Waals surface area contributed by atoms with E-state index in [0.29, 0.717) is 12.5 Å². The number of alkyl halides is 6. The van der Waals surface area contributed by atoms with Gasteiger partial charge in [-0.15, -0.1) is 13.2 Å². The standard InChI is InChI=1S/C27H32F6N4O2.O2S/c1-5-22-36-23(24(38)35-15-17-8-6-16(2)7-9-17)20(14-34)37(22)19-11-10-18(12-21(19)39-27(31,32)33)13-25(3,4)26(28,29)30;1-3-2/h10-12,16-17H,5-9,13,15H2,1-4H3,(H,35,38);. The van der Waals surface area contributed by atoms with Crippen LogP contribution in [0.1, 0.15) is 80.9 Å². The lowest BCUT2D eigenvalue weighted by atomic mass is 9.83. The fourth-order valence-electron chi connectivity index (χ4n) is 4.75. The normalized spacial score (nSPS) is 17.5. The summed E-state index contributed by atoms with van der Waals surface area (Å²) in [6, 6.07) is 5.13. The Morgan fingerprint density at radius 1 is 1.14 bits per heavy atom. The van der Waals surface area contributed by atoms with Gasteiger partial charge in [-0.1, -0.05) is 46.6 Å². The minimum Gasteiger partial charge on any atom is -0.404 e. The Balaban J connectivity index is 0.00000197. The summed E-state index contributed by atoms with van der Waals surface area (Å²) in [4.78, 5) is 17.3. The van der Waals surface area contributed by atoms with Crippen LogP contribution < -0.4 is 10.1 Å². The number of rotatable bonds is 8. The molecule has 1 aliphatic carbocycles. The van der Waals surface area contributed by atoms with Gasteiger partial charge in [0.15, 0.2) is 17.1 Å². The Morgan fingerprint density at radius 2 is 1.74 bits per heavy atom. The van der Waals surface area contributed by atoms with Gasteiger partial charge < -0.3 is 10.1 Å². The predicted molar refractivity (Wildman–Crippen MR) is 140 cm³/mol. The van der Waals surface area contributed by atoms with Crippen molar-refractivity contribution >= 4 is 17.5 Å². The highest BCUT2D eigenvalue weighted by molar-refractivity contribution is 7.51. The number of hydrogen-bond acceptors (Lipinski definition) is 6. The third kappa shape index (κ3) is 9.04. The summed E-state index contributed by atoms with van der Waals surface area (Å²) in [5.41, 5.74) is -3.05. The zero-order valence-electron chi connectivity index (χ0n) is 23.5. The van der Waals surface area contributed by atoms with E-state index in [1.165, 1.54) is 6.07 Å². The summed E-state index contributed by atoms with van der Waals surface area (Å²) >= 11 is -0.750. The quantitative estimate of drug-likeness (QED) is 0.350. The number of hydrogen-bond donors (Lipinski definition) is 1. The second-order valence-electron chi connectivity index (χ2n) is 10.8. The average Bonchev–Trinajstić information content (AvgIpc) is 3.25. The van der Waals surface area contributed by atoms with Crippen molar-refractivity contribution in [2.45, 2.75) is 78.8 Å². The number of aromatic nitrogens is 2. The van der Waals surface area contributed by atoms with Gasteiger partial charge in [-0.3, -0.25) is 9.36 Å². The molecule has 1 aromatic heterocycles. The SMILES string of the molecule is CCc1nc(C(=O)NCC2CCC(C)CC2)c(C#N)n1-c1ccc(CC(C)(C)C(F)(F)F)cc1OC(F)(F)F.O=S=O. The van der Waals surface area contributed by atoms with E-state index in [0.717, 1.165) is 56.2 Å². The van der Waals surface area contributed by atoms with Crippen molar-refractivity contribution in [3.05, 3.63) is 41.0 Å². The number of nitrogens with one attached hydrogen (secondary N) is 1. The first-order valence-corrected chi connectivity index (χ1v) is 13.8. The molecule has 15 heteroatoms. The molecule has 1 fully saturated rings. The number of ether oxygens (including phenoxy) is 1. The monoisotopic (exact) mass is 622 g/mol. The molecule has 0 unspecified atom stereocenters. The molecular formula is C27H32F6N4O4S. The Hall–Kier alpha value is -3.41. The Labute approximate surface area is 243 Å². The molecule has 1 aliphatic rings.